The van der Waals surface area contributed by atoms with Gasteiger partial charge in [-0.05, 0) is 43.8 Å². The van der Waals surface area contributed by atoms with Crippen LogP contribution in [0.2, 0.25) is 0 Å². The molecule has 4 rings (SSSR count). The van der Waals surface area contributed by atoms with Gasteiger partial charge in [-0.25, -0.2) is 9.97 Å². The number of nitrogens with one attached hydrogen (secondary N) is 2. The summed E-state index contributed by atoms with van der Waals surface area (Å²) in [4.78, 5) is 14.1. The first-order chi connectivity index (χ1) is 14.4. The van der Waals surface area contributed by atoms with Gasteiger partial charge in [0.1, 0.15) is 17.4 Å². The van der Waals surface area contributed by atoms with Crippen LogP contribution in [0.15, 0.2) is 18.3 Å². The zero-order chi connectivity index (χ0) is 21.1. The smallest absolute Gasteiger partial charge is 0.396 e. The highest BCUT2D eigenvalue weighted by molar-refractivity contribution is 7.16. The molecule has 2 heterocycles. The lowest BCUT2D eigenvalue weighted by Crippen LogP contribution is -2.23. The van der Waals surface area contributed by atoms with E-state index in [0.29, 0.717) is 16.4 Å². The van der Waals surface area contributed by atoms with Crippen LogP contribution in [-0.4, -0.2) is 45.4 Å². The second-order valence-electron chi connectivity index (χ2n) is 7.44. The van der Waals surface area contributed by atoms with Gasteiger partial charge in [-0.1, -0.05) is 12.2 Å². The fraction of sp³-hybridized carbons (Fsp3) is 0.450. The van der Waals surface area contributed by atoms with Crippen LogP contribution < -0.4 is 10.6 Å². The van der Waals surface area contributed by atoms with E-state index in [1.165, 1.54) is 17.5 Å². The second kappa shape index (κ2) is 8.73. The number of rotatable bonds is 6. The monoisotopic (exact) mass is 437 g/mol. The maximum Gasteiger partial charge on any atom is 0.405 e. The first kappa shape index (κ1) is 20.8. The Bertz CT molecular complexity index is 927. The normalized spacial score (nSPS) is 20.8. The molecule has 1 saturated carbocycles. The SMILES string of the molecule is OCC1CCC(Nc2nc(NCC(F)(F)F)ncc2-c2nc3c(s2)C=CCC=C3)C1. The maximum atomic E-state index is 12.6. The van der Waals surface area contributed by atoms with E-state index in [1.807, 2.05) is 18.2 Å². The van der Waals surface area contributed by atoms with Crippen molar-refractivity contribution in [2.24, 2.45) is 5.92 Å². The van der Waals surface area contributed by atoms with Crippen LogP contribution in [-0.2, 0) is 0 Å². The molecule has 0 saturated heterocycles. The van der Waals surface area contributed by atoms with Crippen LogP contribution in [0.1, 0.15) is 36.3 Å². The summed E-state index contributed by atoms with van der Waals surface area (Å²) in [6, 6.07) is 0.0869. The molecule has 0 amide bonds. The molecule has 3 N–H and O–H groups in total. The van der Waals surface area contributed by atoms with Crippen LogP contribution in [0.4, 0.5) is 24.9 Å². The number of anilines is 2. The van der Waals surface area contributed by atoms with E-state index in [-0.39, 0.29) is 24.5 Å². The average Bonchev–Trinajstić information content (AvgIpc) is 3.27. The summed E-state index contributed by atoms with van der Waals surface area (Å²) in [7, 11) is 0. The molecular formula is C20H22F3N5OS. The summed E-state index contributed by atoms with van der Waals surface area (Å²) in [5, 5.41) is 15.7. The second-order valence-corrected chi connectivity index (χ2v) is 8.47. The number of hydrogen-bond donors (Lipinski definition) is 3. The van der Waals surface area contributed by atoms with Gasteiger partial charge in [-0.15, -0.1) is 11.3 Å². The first-order valence-corrected chi connectivity index (χ1v) is 10.6. The highest BCUT2D eigenvalue weighted by atomic mass is 32.1. The number of aromatic nitrogens is 3. The van der Waals surface area contributed by atoms with E-state index in [4.69, 9.17) is 0 Å². The molecular weight excluding hydrogens is 415 g/mol. The molecule has 2 unspecified atom stereocenters. The number of halogens is 3. The van der Waals surface area contributed by atoms with Gasteiger partial charge in [0.2, 0.25) is 5.95 Å². The Morgan fingerprint density at radius 3 is 2.77 bits per heavy atom. The standard InChI is InChI=1S/C20H22F3N5OS/c21-20(22,23)11-25-19-24-9-14(17(28-19)26-13-7-6-12(8-13)10-29)18-27-15-4-2-1-3-5-16(15)30-18/h2-5,9,12-13,29H,1,6-8,10-11H2,(H2,24,25,26,28). The highest BCUT2D eigenvalue weighted by Crippen LogP contribution is 2.36. The van der Waals surface area contributed by atoms with Crippen LogP contribution in [0, 0.1) is 5.92 Å². The molecule has 0 spiro atoms. The molecule has 2 atom stereocenters. The van der Waals surface area contributed by atoms with Crippen molar-refractivity contribution in [3.05, 3.63) is 28.9 Å². The molecule has 10 heteroatoms. The van der Waals surface area contributed by atoms with Crippen molar-refractivity contribution in [2.45, 2.75) is 37.9 Å². The quantitative estimate of drug-likeness (QED) is 0.614. The predicted molar refractivity (Wildman–Crippen MR) is 112 cm³/mol. The minimum Gasteiger partial charge on any atom is -0.396 e. The molecule has 0 bridgehead atoms. The Kier molecular flexibility index (Phi) is 6.05. The maximum absolute atomic E-state index is 12.6. The molecule has 2 aromatic rings. The van der Waals surface area contributed by atoms with Crippen molar-refractivity contribution in [1.29, 1.82) is 0 Å². The molecule has 0 radical (unpaired) electrons. The van der Waals surface area contributed by atoms with Gasteiger partial charge >= 0.3 is 6.18 Å². The summed E-state index contributed by atoms with van der Waals surface area (Å²) in [5.41, 5.74) is 1.51. The summed E-state index contributed by atoms with van der Waals surface area (Å²) in [6.07, 6.45) is 8.61. The molecule has 0 aromatic carbocycles. The van der Waals surface area contributed by atoms with Gasteiger partial charge in [0, 0.05) is 18.8 Å². The van der Waals surface area contributed by atoms with E-state index < -0.39 is 12.7 Å². The first-order valence-electron chi connectivity index (χ1n) is 9.80. The zero-order valence-corrected chi connectivity index (χ0v) is 16.9. The molecule has 2 aliphatic rings. The number of allylic oxidation sites excluding steroid dienone is 2. The van der Waals surface area contributed by atoms with E-state index in [2.05, 4.69) is 31.7 Å². The minimum atomic E-state index is -4.36. The Balaban J connectivity index is 1.64. The van der Waals surface area contributed by atoms with E-state index in [1.54, 1.807) is 0 Å². The topological polar surface area (TPSA) is 83.0 Å². The van der Waals surface area contributed by atoms with Crippen molar-refractivity contribution in [2.75, 3.05) is 23.8 Å². The third-order valence-corrected chi connectivity index (χ3v) is 6.17. The minimum absolute atomic E-state index is 0.0869. The summed E-state index contributed by atoms with van der Waals surface area (Å²) >= 11 is 1.49. The molecule has 2 aliphatic carbocycles. The number of fused-ring (bicyclic) bond motifs is 1. The zero-order valence-electron chi connectivity index (χ0n) is 16.1. The van der Waals surface area contributed by atoms with Gasteiger partial charge in [-0.3, -0.25) is 0 Å². The number of alkyl halides is 3. The van der Waals surface area contributed by atoms with Crippen LogP contribution >= 0.6 is 11.3 Å². The van der Waals surface area contributed by atoms with Gasteiger partial charge in [0.25, 0.3) is 0 Å². The number of aliphatic hydroxyl groups excluding tert-OH is 1. The van der Waals surface area contributed by atoms with Crippen molar-refractivity contribution in [3.63, 3.8) is 0 Å². The van der Waals surface area contributed by atoms with Crippen LogP contribution in [0.25, 0.3) is 22.7 Å². The highest BCUT2D eigenvalue weighted by Gasteiger charge is 2.28. The van der Waals surface area contributed by atoms with Crippen LogP contribution in [0.3, 0.4) is 0 Å². The molecule has 0 aliphatic heterocycles. The lowest BCUT2D eigenvalue weighted by atomic mass is 10.1. The Hall–Kier alpha value is -2.46. The van der Waals surface area contributed by atoms with Crippen molar-refractivity contribution in [1.82, 2.24) is 15.0 Å². The van der Waals surface area contributed by atoms with Crippen LogP contribution in [0.5, 0.6) is 0 Å². The Morgan fingerprint density at radius 2 is 2.00 bits per heavy atom. The van der Waals surface area contributed by atoms with Crippen molar-refractivity contribution in [3.8, 4) is 10.6 Å². The molecule has 30 heavy (non-hydrogen) atoms. The third kappa shape index (κ3) is 4.99. The Labute approximate surface area is 176 Å². The summed E-state index contributed by atoms with van der Waals surface area (Å²) in [6.45, 7) is -1.08. The van der Waals surface area contributed by atoms with Crippen molar-refractivity contribution >= 4 is 35.3 Å². The lowest BCUT2D eigenvalue weighted by molar-refractivity contribution is -0.115. The lowest BCUT2D eigenvalue weighted by Gasteiger charge is -2.17. The van der Waals surface area contributed by atoms with Gasteiger partial charge in [0.05, 0.1) is 16.1 Å². The van der Waals surface area contributed by atoms with E-state index in [0.717, 1.165) is 36.3 Å². The average molecular weight is 437 g/mol. The number of nitrogens with zero attached hydrogens (tertiary/aromatic N) is 3. The molecule has 160 valence electrons. The van der Waals surface area contributed by atoms with Gasteiger partial charge < -0.3 is 15.7 Å². The summed E-state index contributed by atoms with van der Waals surface area (Å²) < 4.78 is 37.7. The largest absolute Gasteiger partial charge is 0.405 e. The number of hydrogen-bond acceptors (Lipinski definition) is 7. The molecule has 2 aromatic heterocycles. The fourth-order valence-electron chi connectivity index (χ4n) is 3.61. The van der Waals surface area contributed by atoms with Gasteiger partial charge in [-0.2, -0.15) is 18.2 Å². The Morgan fingerprint density at radius 1 is 1.17 bits per heavy atom. The number of thiazole rings is 1. The van der Waals surface area contributed by atoms with E-state index in [9.17, 15) is 18.3 Å². The third-order valence-electron chi connectivity index (χ3n) is 5.10. The van der Waals surface area contributed by atoms with E-state index >= 15 is 0 Å². The fourth-order valence-corrected chi connectivity index (χ4v) is 4.60. The van der Waals surface area contributed by atoms with Crippen molar-refractivity contribution < 1.29 is 18.3 Å². The summed E-state index contributed by atoms with van der Waals surface area (Å²) in [5.74, 6) is 0.588. The predicted octanol–water partition coefficient (Wildman–Crippen LogP) is 4.58. The molecule has 6 nitrogen and oxygen atoms in total. The van der Waals surface area contributed by atoms with Gasteiger partial charge in [0.15, 0.2) is 0 Å². The number of aliphatic hydroxyl groups is 1. The molecule has 1 fully saturated rings.